The second-order valence-electron chi connectivity index (χ2n) is 4.09. The summed E-state index contributed by atoms with van der Waals surface area (Å²) in [6.45, 7) is 2.15. The molecule has 0 bridgehead atoms. The van der Waals surface area contributed by atoms with Gasteiger partial charge in [-0.2, -0.15) is 5.10 Å². The molecule has 1 aromatic heterocycles. The third-order valence-electron chi connectivity index (χ3n) is 2.97. The Labute approximate surface area is 101 Å². The Morgan fingerprint density at radius 3 is 2.53 bits per heavy atom. The van der Waals surface area contributed by atoms with Gasteiger partial charge in [-0.05, 0) is 30.4 Å². The zero-order valence-electron chi connectivity index (χ0n) is 9.94. The summed E-state index contributed by atoms with van der Waals surface area (Å²) in [4.78, 5) is 10.7. The quantitative estimate of drug-likeness (QED) is 0.799. The Kier molecular flexibility index (Phi) is 3.70. The maximum atomic E-state index is 10.7. The van der Waals surface area contributed by atoms with Gasteiger partial charge in [-0.1, -0.05) is 31.2 Å². The van der Waals surface area contributed by atoms with Crippen molar-refractivity contribution >= 4 is 6.29 Å². The van der Waals surface area contributed by atoms with Crippen molar-refractivity contribution in [1.82, 2.24) is 10.2 Å². The Hall–Kier alpha value is -1.90. The van der Waals surface area contributed by atoms with Crippen LogP contribution in [0.25, 0.3) is 0 Å². The molecule has 88 valence electrons. The minimum absolute atomic E-state index is 0.662. The predicted octanol–water partition coefficient (Wildman–Crippen LogP) is 2.57. The highest BCUT2D eigenvalue weighted by molar-refractivity contribution is 5.75. The molecule has 0 aliphatic rings. The maximum Gasteiger partial charge on any atom is 0.153 e. The summed E-state index contributed by atoms with van der Waals surface area (Å²) in [6.07, 6.45) is 5.23. The van der Waals surface area contributed by atoms with Crippen molar-refractivity contribution in [2.45, 2.75) is 26.2 Å². The lowest BCUT2D eigenvalue weighted by molar-refractivity contribution is 0.112. The van der Waals surface area contributed by atoms with Crippen molar-refractivity contribution < 1.29 is 4.79 Å². The van der Waals surface area contributed by atoms with E-state index in [9.17, 15) is 4.79 Å². The number of nitrogens with zero attached hydrogens (tertiary/aromatic N) is 1. The summed E-state index contributed by atoms with van der Waals surface area (Å²) in [5, 5.41) is 6.74. The van der Waals surface area contributed by atoms with Crippen LogP contribution in [0.3, 0.4) is 0 Å². The molecule has 2 rings (SSSR count). The Bertz CT molecular complexity index is 485. The summed E-state index contributed by atoms with van der Waals surface area (Å²) >= 11 is 0. The fourth-order valence-corrected chi connectivity index (χ4v) is 1.83. The van der Waals surface area contributed by atoms with Gasteiger partial charge in [0.25, 0.3) is 0 Å². The van der Waals surface area contributed by atoms with E-state index in [1.54, 1.807) is 6.20 Å². The second kappa shape index (κ2) is 5.43. The van der Waals surface area contributed by atoms with Crippen molar-refractivity contribution in [3.63, 3.8) is 0 Å². The number of aryl methyl sites for hydroxylation is 3. The van der Waals surface area contributed by atoms with E-state index >= 15 is 0 Å². The molecule has 2 aromatic rings. The van der Waals surface area contributed by atoms with E-state index in [4.69, 9.17) is 0 Å². The number of aromatic amines is 1. The van der Waals surface area contributed by atoms with E-state index in [0.29, 0.717) is 5.56 Å². The Morgan fingerprint density at radius 1 is 1.18 bits per heavy atom. The first-order valence-corrected chi connectivity index (χ1v) is 5.88. The average molecular weight is 228 g/mol. The van der Waals surface area contributed by atoms with Gasteiger partial charge in [0.1, 0.15) is 0 Å². The number of hydrogen-bond acceptors (Lipinski definition) is 2. The molecule has 3 nitrogen and oxygen atoms in total. The summed E-state index contributed by atoms with van der Waals surface area (Å²) < 4.78 is 0. The third kappa shape index (κ3) is 2.81. The van der Waals surface area contributed by atoms with Crippen LogP contribution in [-0.4, -0.2) is 16.5 Å². The highest BCUT2D eigenvalue weighted by Gasteiger charge is 2.04. The van der Waals surface area contributed by atoms with E-state index in [-0.39, 0.29) is 0 Å². The number of carbonyl (C=O) groups is 1. The average Bonchev–Trinajstić information content (AvgIpc) is 2.84. The lowest BCUT2D eigenvalue weighted by atomic mass is 10.0. The minimum Gasteiger partial charge on any atom is -0.298 e. The molecule has 0 aliphatic heterocycles. The van der Waals surface area contributed by atoms with Gasteiger partial charge in [-0.3, -0.25) is 9.89 Å². The number of rotatable bonds is 5. The van der Waals surface area contributed by atoms with Gasteiger partial charge in [0.15, 0.2) is 6.29 Å². The number of nitrogens with one attached hydrogen (secondary N) is 1. The largest absolute Gasteiger partial charge is 0.298 e. The van der Waals surface area contributed by atoms with Gasteiger partial charge in [0.05, 0.1) is 11.8 Å². The number of benzene rings is 1. The van der Waals surface area contributed by atoms with E-state index in [0.717, 1.165) is 31.2 Å². The molecule has 1 N–H and O–H groups in total. The molecule has 0 atom stereocenters. The van der Waals surface area contributed by atoms with Crippen molar-refractivity contribution in [3.05, 3.63) is 52.8 Å². The van der Waals surface area contributed by atoms with Crippen LogP contribution >= 0.6 is 0 Å². The maximum absolute atomic E-state index is 10.7. The van der Waals surface area contributed by atoms with Gasteiger partial charge in [0.2, 0.25) is 0 Å². The third-order valence-corrected chi connectivity index (χ3v) is 2.97. The topological polar surface area (TPSA) is 45.8 Å². The molecule has 3 heteroatoms. The molecule has 17 heavy (non-hydrogen) atoms. The highest BCUT2D eigenvalue weighted by atomic mass is 16.1. The number of aldehydes is 1. The van der Waals surface area contributed by atoms with Crippen LogP contribution in [0, 0.1) is 0 Å². The predicted molar refractivity (Wildman–Crippen MR) is 67.2 cm³/mol. The molecule has 0 amide bonds. The number of carbonyl (C=O) groups excluding carboxylic acids is 1. The van der Waals surface area contributed by atoms with Crippen molar-refractivity contribution in [2.75, 3.05) is 0 Å². The summed E-state index contributed by atoms with van der Waals surface area (Å²) in [6, 6.07) is 8.61. The van der Waals surface area contributed by atoms with E-state index < -0.39 is 0 Å². The smallest absolute Gasteiger partial charge is 0.153 e. The molecular weight excluding hydrogens is 212 g/mol. The first kappa shape index (κ1) is 11.6. The molecule has 1 heterocycles. The molecule has 0 fully saturated rings. The SMILES string of the molecule is CCc1ccc(CCc2[nH]ncc2C=O)cc1. The van der Waals surface area contributed by atoms with Gasteiger partial charge in [-0.15, -0.1) is 0 Å². The van der Waals surface area contributed by atoms with Crippen molar-refractivity contribution in [2.24, 2.45) is 0 Å². The molecule has 1 aromatic carbocycles. The Balaban J connectivity index is 1.99. The second-order valence-corrected chi connectivity index (χ2v) is 4.09. The molecule has 0 spiro atoms. The number of aromatic nitrogens is 2. The van der Waals surface area contributed by atoms with E-state index in [2.05, 4.69) is 41.4 Å². The molecule has 0 unspecified atom stereocenters. The fraction of sp³-hybridized carbons (Fsp3) is 0.286. The van der Waals surface area contributed by atoms with Crippen molar-refractivity contribution in [1.29, 1.82) is 0 Å². The molecule has 0 aliphatic carbocycles. The van der Waals surface area contributed by atoms with Crippen LogP contribution in [0.4, 0.5) is 0 Å². The molecule has 0 saturated heterocycles. The zero-order valence-corrected chi connectivity index (χ0v) is 9.94. The van der Waals surface area contributed by atoms with E-state index in [1.165, 1.54) is 11.1 Å². The molecular formula is C14H16N2O. The first-order chi connectivity index (χ1) is 8.33. The van der Waals surface area contributed by atoms with Crippen LogP contribution in [0.15, 0.2) is 30.5 Å². The van der Waals surface area contributed by atoms with E-state index in [1.807, 2.05) is 0 Å². The first-order valence-electron chi connectivity index (χ1n) is 5.88. The van der Waals surface area contributed by atoms with Crippen LogP contribution in [0.1, 0.15) is 34.1 Å². The summed E-state index contributed by atoms with van der Waals surface area (Å²) in [5.74, 6) is 0. The summed E-state index contributed by atoms with van der Waals surface area (Å²) in [7, 11) is 0. The normalized spacial score (nSPS) is 10.4. The zero-order chi connectivity index (χ0) is 12.1. The van der Waals surface area contributed by atoms with Gasteiger partial charge < -0.3 is 0 Å². The fourth-order valence-electron chi connectivity index (χ4n) is 1.83. The minimum atomic E-state index is 0.662. The van der Waals surface area contributed by atoms with Crippen LogP contribution in [-0.2, 0) is 19.3 Å². The van der Waals surface area contributed by atoms with Crippen molar-refractivity contribution in [3.8, 4) is 0 Å². The lowest BCUT2D eigenvalue weighted by Gasteiger charge is -2.02. The van der Waals surface area contributed by atoms with Gasteiger partial charge >= 0.3 is 0 Å². The monoisotopic (exact) mass is 228 g/mol. The highest BCUT2D eigenvalue weighted by Crippen LogP contribution is 2.10. The lowest BCUT2D eigenvalue weighted by Crippen LogP contribution is -1.95. The van der Waals surface area contributed by atoms with Gasteiger partial charge in [-0.25, -0.2) is 0 Å². The van der Waals surface area contributed by atoms with Gasteiger partial charge in [0, 0.05) is 5.69 Å². The molecule has 0 radical (unpaired) electrons. The van der Waals surface area contributed by atoms with Crippen LogP contribution in [0.5, 0.6) is 0 Å². The number of hydrogen-bond donors (Lipinski definition) is 1. The number of H-pyrrole nitrogens is 1. The standard InChI is InChI=1S/C14H16N2O/c1-2-11-3-5-12(6-4-11)7-8-14-13(10-17)9-15-16-14/h3-6,9-10H,2,7-8H2,1H3,(H,15,16). The van der Waals surface area contributed by atoms with Crippen LogP contribution in [0.2, 0.25) is 0 Å². The van der Waals surface area contributed by atoms with Crippen LogP contribution < -0.4 is 0 Å². The summed E-state index contributed by atoms with van der Waals surface area (Å²) in [5.41, 5.74) is 4.22. The Morgan fingerprint density at radius 2 is 1.88 bits per heavy atom. The molecule has 0 saturated carbocycles.